The van der Waals surface area contributed by atoms with E-state index in [0.717, 1.165) is 55.6 Å². The molecular formula is C36H25N7. The summed E-state index contributed by atoms with van der Waals surface area (Å²) in [5, 5.41) is 0. The maximum absolute atomic E-state index is 5.03. The molecule has 0 atom stereocenters. The van der Waals surface area contributed by atoms with Crippen LogP contribution in [0.2, 0.25) is 0 Å². The topological polar surface area (TPSA) is 90.2 Å². The van der Waals surface area contributed by atoms with E-state index < -0.39 is 0 Å². The molecule has 7 aromatic rings. The van der Waals surface area contributed by atoms with Gasteiger partial charge in [-0.25, -0.2) is 15.0 Å². The maximum Gasteiger partial charge on any atom is 0.163 e. The van der Waals surface area contributed by atoms with Crippen molar-refractivity contribution in [1.82, 2.24) is 34.9 Å². The first-order valence-corrected chi connectivity index (χ1v) is 13.8. The molecule has 0 saturated carbocycles. The van der Waals surface area contributed by atoms with Gasteiger partial charge in [0.1, 0.15) is 5.82 Å². The van der Waals surface area contributed by atoms with E-state index in [1.807, 2.05) is 80.2 Å². The quantitative estimate of drug-likeness (QED) is 0.207. The second kappa shape index (κ2) is 11.5. The minimum atomic E-state index is 0.591. The average Bonchev–Trinajstić information content (AvgIpc) is 3.09. The van der Waals surface area contributed by atoms with Crippen LogP contribution >= 0.6 is 0 Å². The molecule has 7 rings (SSSR count). The van der Waals surface area contributed by atoms with E-state index >= 15 is 0 Å². The third-order valence-corrected chi connectivity index (χ3v) is 7.11. The molecule has 2 aromatic carbocycles. The smallest absolute Gasteiger partial charge is 0.163 e. The van der Waals surface area contributed by atoms with Gasteiger partial charge in [0.2, 0.25) is 0 Å². The van der Waals surface area contributed by atoms with Gasteiger partial charge in [0.25, 0.3) is 0 Å². The maximum atomic E-state index is 5.03. The van der Waals surface area contributed by atoms with Crippen LogP contribution in [-0.2, 0) is 0 Å². The number of benzene rings is 2. The van der Waals surface area contributed by atoms with Crippen LogP contribution in [0.25, 0.3) is 67.3 Å². The van der Waals surface area contributed by atoms with E-state index in [-0.39, 0.29) is 0 Å². The van der Waals surface area contributed by atoms with E-state index in [0.29, 0.717) is 17.5 Å². The van der Waals surface area contributed by atoms with Crippen LogP contribution < -0.4 is 0 Å². The third-order valence-electron chi connectivity index (χ3n) is 7.11. The molecule has 0 unspecified atom stereocenters. The summed E-state index contributed by atoms with van der Waals surface area (Å²) in [6.45, 7) is 1.90. The Morgan fingerprint density at radius 2 is 0.651 bits per heavy atom. The van der Waals surface area contributed by atoms with Gasteiger partial charge >= 0.3 is 0 Å². The van der Waals surface area contributed by atoms with Crippen LogP contribution in [0.1, 0.15) is 5.82 Å². The fourth-order valence-corrected chi connectivity index (χ4v) is 5.05. The molecule has 0 bridgehead atoms. The number of pyridine rings is 4. The molecule has 0 N–H and O–H groups in total. The Kier molecular flexibility index (Phi) is 6.95. The summed E-state index contributed by atoms with van der Waals surface area (Å²) >= 11 is 0. The third kappa shape index (κ3) is 5.64. The van der Waals surface area contributed by atoms with Crippen molar-refractivity contribution in [2.75, 3.05) is 0 Å². The number of aryl methyl sites for hydroxylation is 1. The van der Waals surface area contributed by atoms with Gasteiger partial charge in [-0.2, -0.15) is 0 Å². The summed E-state index contributed by atoms with van der Waals surface area (Å²) in [6.07, 6.45) is 14.5. The minimum Gasteiger partial charge on any atom is -0.264 e. The van der Waals surface area contributed by atoms with Gasteiger partial charge in [-0.3, -0.25) is 19.9 Å². The van der Waals surface area contributed by atoms with Gasteiger partial charge < -0.3 is 0 Å². The Balaban J connectivity index is 1.40. The molecule has 7 heteroatoms. The summed E-state index contributed by atoms with van der Waals surface area (Å²) < 4.78 is 0. The monoisotopic (exact) mass is 555 g/mol. The number of nitrogens with zero attached hydrogens (tertiary/aromatic N) is 7. The zero-order chi connectivity index (χ0) is 29.0. The highest BCUT2D eigenvalue weighted by molar-refractivity contribution is 5.81. The van der Waals surface area contributed by atoms with Crippen molar-refractivity contribution < 1.29 is 0 Å². The van der Waals surface area contributed by atoms with Gasteiger partial charge in [0, 0.05) is 83.0 Å². The first-order chi connectivity index (χ1) is 21.2. The lowest BCUT2D eigenvalue weighted by Crippen LogP contribution is -2.00. The molecule has 0 saturated heterocycles. The summed E-state index contributed by atoms with van der Waals surface area (Å²) in [6, 6.07) is 28.6. The zero-order valence-electron chi connectivity index (χ0n) is 23.3. The first kappa shape index (κ1) is 26.0. The predicted molar refractivity (Wildman–Crippen MR) is 168 cm³/mol. The molecule has 0 aliphatic rings. The second-order valence-corrected chi connectivity index (χ2v) is 10.1. The molecule has 0 aliphatic carbocycles. The summed E-state index contributed by atoms with van der Waals surface area (Å²) in [5.41, 5.74) is 9.84. The number of hydrogen-bond acceptors (Lipinski definition) is 7. The summed E-state index contributed by atoms with van der Waals surface area (Å²) in [4.78, 5) is 32.0. The van der Waals surface area contributed by atoms with Gasteiger partial charge in [-0.15, -0.1) is 0 Å². The first-order valence-electron chi connectivity index (χ1n) is 13.8. The lowest BCUT2D eigenvalue weighted by atomic mass is 9.96. The van der Waals surface area contributed by atoms with Gasteiger partial charge in [-0.1, -0.05) is 24.3 Å². The molecule has 0 spiro atoms. The van der Waals surface area contributed by atoms with E-state index in [9.17, 15) is 0 Å². The van der Waals surface area contributed by atoms with Gasteiger partial charge in [-0.05, 0) is 89.8 Å². The van der Waals surface area contributed by atoms with Crippen LogP contribution in [0.3, 0.4) is 0 Å². The zero-order valence-corrected chi connectivity index (χ0v) is 23.3. The highest BCUT2D eigenvalue weighted by Gasteiger charge is 2.15. The van der Waals surface area contributed by atoms with Crippen LogP contribution in [-0.4, -0.2) is 34.9 Å². The van der Waals surface area contributed by atoms with Crippen molar-refractivity contribution in [2.24, 2.45) is 0 Å². The normalized spacial score (nSPS) is 10.9. The van der Waals surface area contributed by atoms with Crippen molar-refractivity contribution in [3.63, 3.8) is 0 Å². The van der Waals surface area contributed by atoms with E-state index in [1.54, 1.807) is 24.8 Å². The molecule has 5 aromatic heterocycles. The number of rotatable bonds is 6. The second-order valence-electron chi connectivity index (χ2n) is 10.1. The Morgan fingerprint density at radius 3 is 0.930 bits per heavy atom. The van der Waals surface area contributed by atoms with Crippen molar-refractivity contribution in [3.05, 3.63) is 140 Å². The predicted octanol–water partition coefficient (Wildman–Crippen LogP) is 7.76. The van der Waals surface area contributed by atoms with Crippen LogP contribution in [0.15, 0.2) is 135 Å². The van der Waals surface area contributed by atoms with Crippen molar-refractivity contribution >= 4 is 0 Å². The largest absolute Gasteiger partial charge is 0.264 e. The van der Waals surface area contributed by atoms with Gasteiger partial charge in [0.05, 0.1) is 0 Å². The molecule has 0 amide bonds. The van der Waals surface area contributed by atoms with E-state index in [2.05, 4.69) is 56.3 Å². The molecular weight excluding hydrogens is 530 g/mol. The summed E-state index contributed by atoms with van der Waals surface area (Å²) in [5.74, 6) is 1.81. The van der Waals surface area contributed by atoms with Crippen LogP contribution in [0.4, 0.5) is 0 Å². The van der Waals surface area contributed by atoms with E-state index in [4.69, 9.17) is 15.0 Å². The van der Waals surface area contributed by atoms with Crippen molar-refractivity contribution in [2.45, 2.75) is 6.92 Å². The Bertz CT molecular complexity index is 1750. The molecule has 0 aliphatic heterocycles. The molecule has 204 valence electrons. The number of aromatic nitrogens is 7. The fraction of sp³-hybridized carbons (Fsp3) is 0.0278. The Morgan fingerprint density at radius 1 is 0.349 bits per heavy atom. The van der Waals surface area contributed by atoms with Gasteiger partial charge in [0.15, 0.2) is 11.6 Å². The lowest BCUT2D eigenvalue weighted by Gasteiger charge is -2.13. The molecule has 0 radical (unpaired) electrons. The van der Waals surface area contributed by atoms with E-state index in [1.165, 1.54) is 0 Å². The lowest BCUT2D eigenvalue weighted by molar-refractivity contribution is 0.992. The standard InChI is InChI=1S/C36H25N7/c1-24-41-35(33-16-29(25-6-2-10-37-20-25)14-30(17-33)26-7-3-11-38-21-26)43-36(42-24)34-18-31(27-8-4-12-39-22-27)15-32(19-34)28-9-5-13-40-23-28/h2-23H,1H3. The SMILES string of the molecule is Cc1nc(-c2cc(-c3cccnc3)cc(-c3cccnc3)c2)nc(-c2cc(-c3cccnc3)cc(-c3cccnc3)c2)n1. The minimum absolute atomic E-state index is 0.591. The molecule has 0 fully saturated rings. The highest BCUT2D eigenvalue weighted by Crippen LogP contribution is 2.34. The highest BCUT2D eigenvalue weighted by atomic mass is 15.0. The van der Waals surface area contributed by atoms with Crippen LogP contribution in [0.5, 0.6) is 0 Å². The van der Waals surface area contributed by atoms with Crippen LogP contribution in [0, 0.1) is 6.92 Å². The van der Waals surface area contributed by atoms with Crippen molar-refractivity contribution in [3.8, 4) is 67.3 Å². The Hall–Kier alpha value is -5.95. The van der Waals surface area contributed by atoms with Crippen molar-refractivity contribution in [1.29, 1.82) is 0 Å². The fourth-order valence-electron chi connectivity index (χ4n) is 5.05. The Labute approximate surface area is 249 Å². The average molecular weight is 556 g/mol. The number of hydrogen-bond donors (Lipinski definition) is 0. The molecule has 5 heterocycles. The molecule has 7 nitrogen and oxygen atoms in total. The molecule has 43 heavy (non-hydrogen) atoms. The summed E-state index contributed by atoms with van der Waals surface area (Å²) in [7, 11) is 0.